The highest BCUT2D eigenvalue weighted by atomic mass is 32.2. The lowest BCUT2D eigenvalue weighted by Gasteiger charge is -2.13. The van der Waals surface area contributed by atoms with Gasteiger partial charge in [-0.15, -0.1) is 0 Å². The van der Waals surface area contributed by atoms with Crippen LogP contribution in [0.2, 0.25) is 0 Å². The number of carbonyl (C=O) groups excluding carboxylic acids is 1. The number of sulfone groups is 1. The molecule has 148 valence electrons. The summed E-state index contributed by atoms with van der Waals surface area (Å²) in [7, 11) is -1.57. The molecule has 0 aromatic heterocycles. The van der Waals surface area contributed by atoms with E-state index in [1.807, 2.05) is 48.5 Å². The number of allylic oxidation sites excluding steroid dienone is 1. The summed E-state index contributed by atoms with van der Waals surface area (Å²) in [5.41, 5.74) is 1.93. The maximum absolute atomic E-state index is 12.1. The number of rotatable bonds is 8. The second kappa shape index (κ2) is 8.93. The summed E-state index contributed by atoms with van der Waals surface area (Å²) < 4.78 is 34.0. The Labute approximate surface area is 165 Å². The van der Waals surface area contributed by atoms with Gasteiger partial charge in [-0.05, 0) is 23.3 Å². The lowest BCUT2D eigenvalue weighted by Crippen LogP contribution is -2.25. The van der Waals surface area contributed by atoms with E-state index < -0.39 is 9.84 Å². The average molecular weight is 401 g/mol. The quantitative estimate of drug-likeness (QED) is 0.736. The van der Waals surface area contributed by atoms with E-state index in [9.17, 15) is 13.2 Å². The largest absolute Gasteiger partial charge is 0.493 e. The molecular weight excluding hydrogens is 378 g/mol. The third-order valence-electron chi connectivity index (χ3n) is 4.41. The SMILES string of the molecule is COc1cc(CNC(=O)C[C@H]2C=CS(=O)(=O)C2)ccc1OCc1ccccc1. The molecule has 6 nitrogen and oxygen atoms in total. The second-order valence-corrected chi connectivity index (χ2v) is 8.59. The number of carbonyl (C=O) groups is 1. The molecule has 28 heavy (non-hydrogen) atoms. The molecule has 0 bridgehead atoms. The van der Waals surface area contributed by atoms with Crippen molar-refractivity contribution in [1.82, 2.24) is 5.32 Å². The van der Waals surface area contributed by atoms with Gasteiger partial charge in [0.1, 0.15) is 6.61 Å². The smallest absolute Gasteiger partial charge is 0.220 e. The number of methoxy groups -OCH3 is 1. The molecule has 0 saturated heterocycles. The standard InChI is InChI=1S/C21H23NO5S/c1-26-20-11-17(7-8-19(20)27-14-16-5-3-2-4-6-16)13-22-21(23)12-18-9-10-28(24,25)15-18/h2-11,18H,12-15H2,1H3,(H,22,23)/t18-/m1/s1. The van der Waals surface area contributed by atoms with Gasteiger partial charge in [0.05, 0.1) is 12.9 Å². The van der Waals surface area contributed by atoms with Crippen LogP contribution in [0.1, 0.15) is 17.5 Å². The zero-order chi connectivity index (χ0) is 20.0. The minimum absolute atomic E-state index is 0.00168. The van der Waals surface area contributed by atoms with Crippen molar-refractivity contribution in [3.8, 4) is 11.5 Å². The number of amides is 1. The first-order valence-corrected chi connectivity index (χ1v) is 10.7. The second-order valence-electron chi connectivity index (χ2n) is 6.66. The highest BCUT2D eigenvalue weighted by Gasteiger charge is 2.23. The Hall–Kier alpha value is -2.80. The van der Waals surface area contributed by atoms with E-state index in [-0.39, 0.29) is 24.0 Å². The van der Waals surface area contributed by atoms with Crippen LogP contribution in [0.15, 0.2) is 60.0 Å². The summed E-state index contributed by atoms with van der Waals surface area (Å²) in [6, 6.07) is 15.3. The van der Waals surface area contributed by atoms with Crippen molar-refractivity contribution in [2.45, 2.75) is 19.6 Å². The predicted molar refractivity (Wildman–Crippen MR) is 107 cm³/mol. The Bertz CT molecular complexity index is 954. The normalized spacial score (nSPS) is 17.2. The summed E-state index contributed by atoms with van der Waals surface area (Å²) in [6.07, 6.45) is 1.74. The fourth-order valence-corrected chi connectivity index (χ4v) is 4.35. The van der Waals surface area contributed by atoms with Gasteiger partial charge in [0.25, 0.3) is 0 Å². The van der Waals surface area contributed by atoms with Gasteiger partial charge in [-0.1, -0.05) is 42.5 Å². The van der Waals surface area contributed by atoms with Gasteiger partial charge in [0, 0.05) is 24.3 Å². The van der Waals surface area contributed by atoms with Gasteiger partial charge in [0.15, 0.2) is 21.3 Å². The molecule has 1 aliphatic heterocycles. The van der Waals surface area contributed by atoms with Crippen LogP contribution in [-0.4, -0.2) is 27.2 Å². The van der Waals surface area contributed by atoms with Gasteiger partial charge in [-0.2, -0.15) is 0 Å². The molecule has 2 aromatic rings. The monoisotopic (exact) mass is 401 g/mol. The lowest BCUT2D eigenvalue weighted by atomic mass is 10.1. The molecule has 0 spiro atoms. The molecule has 1 atom stereocenters. The number of nitrogens with one attached hydrogen (secondary N) is 1. The van der Waals surface area contributed by atoms with E-state index in [1.165, 1.54) is 5.41 Å². The number of ether oxygens (including phenoxy) is 2. The summed E-state index contributed by atoms with van der Waals surface area (Å²) >= 11 is 0. The van der Waals surface area contributed by atoms with E-state index >= 15 is 0 Å². The van der Waals surface area contributed by atoms with E-state index in [1.54, 1.807) is 13.2 Å². The van der Waals surface area contributed by atoms with Crippen molar-refractivity contribution in [2.75, 3.05) is 12.9 Å². The van der Waals surface area contributed by atoms with E-state index in [4.69, 9.17) is 9.47 Å². The molecule has 2 aromatic carbocycles. The predicted octanol–water partition coefficient (Wildman–Crippen LogP) is 2.84. The fraction of sp³-hybridized carbons (Fsp3) is 0.286. The highest BCUT2D eigenvalue weighted by Crippen LogP contribution is 2.29. The maximum Gasteiger partial charge on any atom is 0.220 e. The van der Waals surface area contributed by atoms with Crippen LogP contribution in [-0.2, 0) is 27.8 Å². The third-order valence-corrected chi connectivity index (χ3v) is 5.87. The summed E-state index contributed by atoms with van der Waals surface area (Å²) in [4.78, 5) is 12.1. The van der Waals surface area contributed by atoms with Crippen molar-refractivity contribution in [2.24, 2.45) is 5.92 Å². The number of hydrogen-bond acceptors (Lipinski definition) is 5. The molecule has 0 fully saturated rings. The van der Waals surface area contributed by atoms with Crippen molar-refractivity contribution in [3.63, 3.8) is 0 Å². The minimum atomic E-state index is -3.14. The van der Waals surface area contributed by atoms with Gasteiger partial charge < -0.3 is 14.8 Å². The van der Waals surface area contributed by atoms with Crippen LogP contribution in [0.3, 0.4) is 0 Å². The van der Waals surface area contributed by atoms with Crippen molar-refractivity contribution >= 4 is 15.7 Å². The molecule has 1 aliphatic rings. The van der Waals surface area contributed by atoms with Crippen molar-refractivity contribution < 1.29 is 22.7 Å². The Morgan fingerprint density at radius 2 is 1.89 bits per heavy atom. The van der Waals surface area contributed by atoms with Crippen molar-refractivity contribution in [3.05, 3.63) is 71.1 Å². The highest BCUT2D eigenvalue weighted by molar-refractivity contribution is 7.94. The van der Waals surface area contributed by atoms with Crippen LogP contribution in [0.25, 0.3) is 0 Å². The lowest BCUT2D eigenvalue weighted by molar-refractivity contribution is -0.121. The fourth-order valence-electron chi connectivity index (χ4n) is 2.95. The van der Waals surface area contributed by atoms with E-state index in [0.717, 1.165) is 11.1 Å². The first kappa shape index (κ1) is 19.9. The van der Waals surface area contributed by atoms with Crippen LogP contribution in [0.5, 0.6) is 11.5 Å². The van der Waals surface area contributed by atoms with Crippen LogP contribution < -0.4 is 14.8 Å². The Morgan fingerprint density at radius 3 is 2.57 bits per heavy atom. The van der Waals surface area contributed by atoms with Gasteiger partial charge in [-0.25, -0.2) is 8.42 Å². The molecule has 1 amide bonds. The zero-order valence-corrected chi connectivity index (χ0v) is 16.4. The Balaban J connectivity index is 1.53. The molecule has 0 unspecified atom stereocenters. The van der Waals surface area contributed by atoms with Crippen LogP contribution >= 0.6 is 0 Å². The molecule has 7 heteroatoms. The van der Waals surface area contributed by atoms with Gasteiger partial charge in [0.2, 0.25) is 5.91 Å². The molecule has 1 N–H and O–H groups in total. The van der Waals surface area contributed by atoms with Crippen molar-refractivity contribution in [1.29, 1.82) is 0 Å². The molecule has 3 rings (SSSR count). The van der Waals surface area contributed by atoms with E-state index in [0.29, 0.717) is 24.7 Å². The van der Waals surface area contributed by atoms with Crippen LogP contribution in [0, 0.1) is 5.92 Å². The molecule has 1 heterocycles. The van der Waals surface area contributed by atoms with Gasteiger partial charge >= 0.3 is 0 Å². The first-order chi connectivity index (χ1) is 13.4. The van der Waals surface area contributed by atoms with E-state index in [2.05, 4.69) is 5.32 Å². The average Bonchev–Trinajstić information content (AvgIpc) is 3.04. The minimum Gasteiger partial charge on any atom is -0.493 e. The maximum atomic E-state index is 12.1. The number of benzene rings is 2. The first-order valence-electron chi connectivity index (χ1n) is 8.96. The molecule has 0 aliphatic carbocycles. The summed E-state index contributed by atoms with van der Waals surface area (Å²) in [5, 5.41) is 4.00. The Kier molecular flexibility index (Phi) is 6.36. The molecular formula is C21H23NO5S. The number of hydrogen-bond donors (Lipinski definition) is 1. The zero-order valence-electron chi connectivity index (χ0n) is 15.6. The summed E-state index contributed by atoms with van der Waals surface area (Å²) in [6.45, 7) is 0.766. The Morgan fingerprint density at radius 1 is 1.11 bits per heavy atom. The van der Waals surface area contributed by atoms with Crippen LogP contribution in [0.4, 0.5) is 0 Å². The third kappa shape index (κ3) is 5.60. The molecule has 0 saturated carbocycles. The summed E-state index contributed by atoms with van der Waals surface area (Å²) in [5.74, 6) is 0.778. The van der Waals surface area contributed by atoms with Gasteiger partial charge in [-0.3, -0.25) is 4.79 Å². The topological polar surface area (TPSA) is 81.7 Å². The molecule has 0 radical (unpaired) electrons.